The van der Waals surface area contributed by atoms with E-state index in [0.29, 0.717) is 25.1 Å². The first-order chi connectivity index (χ1) is 23.9. The van der Waals surface area contributed by atoms with Crippen LogP contribution in [0.4, 0.5) is 5.69 Å². The van der Waals surface area contributed by atoms with Gasteiger partial charge in [0, 0.05) is 56.9 Å². The summed E-state index contributed by atoms with van der Waals surface area (Å²) in [5, 5.41) is 7.58. The molecule has 1 aromatic rings. The highest BCUT2D eigenvalue weighted by molar-refractivity contribution is 6.18. The first kappa shape index (κ1) is 37.0. The number of hydrogen-bond acceptors (Lipinski definition) is 11. The molecule has 3 aliphatic rings. The minimum absolute atomic E-state index is 0.0435. The second-order valence-corrected chi connectivity index (χ2v) is 11.5. The molecule has 8 amide bonds. The second-order valence-electron chi connectivity index (χ2n) is 11.5. The van der Waals surface area contributed by atoms with Crippen LogP contribution in [0.25, 0.3) is 0 Å². The van der Waals surface area contributed by atoms with E-state index in [0.717, 1.165) is 27.5 Å². The molecule has 0 spiro atoms. The minimum Gasteiger partial charge on any atom is -0.362 e. The van der Waals surface area contributed by atoms with E-state index in [1.165, 1.54) is 17.1 Å². The lowest BCUT2D eigenvalue weighted by molar-refractivity contribution is -0.152. The zero-order chi connectivity index (χ0) is 36.2. The van der Waals surface area contributed by atoms with Crippen molar-refractivity contribution in [1.29, 1.82) is 0 Å². The van der Waals surface area contributed by atoms with E-state index in [9.17, 15) is 47.9 Å². The van der Waals surface area contributed by atoms with Crippen molar-refractivity contribution in [3.63, 3.8) is 0 Å². The Bertz CT molecular complexity index is 1540. The zero-order valence-electron chi connectivity index (χ0n) is 27.0. The third-order valence-corrected chi connectivity index (χ3v) is 7.91. The zero-order valence-corrected chi connectivity index (χ0v) is 27.0. The number of aryl methyl sites for hydroxylation is 1. The smallest absolute Gasteiger partial charge is 0.253 e. The number of imide groups is 2. The van der Waals surface area contributed by atoms with E-state index in [-0.39, 0.29) is 55.9 Å². The summed E-state index contributed by atoms with van der Waals surface area (Å²) >= 11 is 0. The quantitative estimate of drug-likeness (QED) is 0.0869. The maximum atomic E-state index is 13.0. The lowest BCUT2D eigenvalue weighted by atomic mass is 10.0. The van der Waals surface area contributed by atoms with Crippen LogP contribution in [-0.2, 0) is 59.1 Å². The third-order valence-electron chi connectivity index (χ3n) is 7.91. The standard InChI is InChI=1S/C33H36N6O11/c40-24-6-7-25(41)23(24)11-13-34-26(42)17-37(18-27(43)35-14-16-39-30(46)9-10-31(39)47)33(49)20-50-19-28(44)36-22-4-1-21(2-5-22)3-8-29(45)38-15-12-32(38)48/h1-2,4-7,9-10,23H,3,8,11-20H2,(H,34,42)(H,35,43)(H,36,44). The maximum Gasteiger partial charge on any atom is 0.253 e. The molecule has 0 radical (unpaired) electrons. The first-order valence-electron chi connectivity index (χ1n) is 15.8. The van der Waals surface area contributed by atoms with Crippen LogP contribution in [0.2, 0.25) is 0 Å². The number of allylic oxidation sites excluding steroid dienone is 2. The van der Waals surface area contributed by atoms with Gasteiger partial charge in [0.25, 0.3) is 11.8 Å². The van der Waals surface area contributed by atoms with E-state index in [1.54, 1.807) is 24.3 Å². The third kappa shape index (κ3) is 10.6. The average Bonchev–Trinajstić information content (AvgIpc) is 3.57. The first-order valence-corrected chi connectivity index (χ1v) is 15.8. The number of nitrogens with zero attached hydrogens (tertiary/aromatic N) is 3. The van der Waals surface area contributed by atoms with Gasteiger partial charge in [0.2, 0.25) is 35.4 Å². The van der Waals surface area contributed by atoms with E-state index in [1.807, 2.05) is 0 Å². The van der Waals surface area contributed by atoms with Crippen LogP contribution in [0.5, 0.6) is 0 Å². The van der Waals surface area contributed by atoms with Crippen LogP contribution >= 0.6 is 0 Å². The van der Waals surface area contributed by atoms with Crippen molar-refractivity contribution in [3.05, 3.63) is 54.1 Å². The molecule has 17 nitrogen and oxygen atoms in total. The van der Waals surface area contributed by atoms with Gasteiger partial charge in [-0.3, -0.25) is 57.7 Å². The summed E-state index contributed by atoms with van der Waals surface area (Å²) in [4.78, 5) is 124. The Labute approximate surface area is 286 Å². The fraction of sp³-hybridized carbons (Fsp3) is 0.394. The van der Waals surface area contributed by atoms with Crippen LogP contribution in [0.15, 0.2) is 48.6 Å². The number of rotatable bonds is 18. The van der Waals surface area contributed by atoms with Gasteiger partial charge >= 0.3 is 0 Å². The molecule has 264 valence electrons. The Morgan fingerprint density at radius 1 is 0.780 bits per heavy atom. The Hall–Kier alpha value is -5.84. The van der Waals surface area contributed by atoms with E-state index >= 15 is 0 Å². The van der Waals surface area contributed by atoms with E-state index in [4.69, 9.17) is 4.74 Å². The van der Waals surface area contributed by atoms with Crippen LogP contribution < -0.4 is 16.0 Å². The normalized spacial score (nSPS) is 15.4. The van der Waals surface area contributed by atoms with Crippen molar-refractivity contribution < 1.29 is 52.7 Å². The number of ketones is 2. The molecule has 1 aromatic carbocycles. The molecule has 1 saturated heterocycles. The van der Waals surface area contributed by atoms with E-state index in [2.05, 4.69) is 16.0 Å². The van der Waals surface area contributed by atoms with Gasteiger partial charge in [-0.05, 0) is 42.7 Å². The van der Waals surface area contributed by atoms with Gasteiger partial charge in [0.05, 0.1) is 5.92 Å². The van der Waals surface area contributed by atoms with Gasteiger partial charge in [-0.25, -0.2) is 0 Å². The van der Waals surface area contributed by atoms with Gasteiger partial charge in [0.1, 0.15) is 26.3 Å². The molecular weight excluding hydrogens is 656 g/mol. The fourth-order valence-electron chi connectivity index (χ4n) is 5.07. The van der Waals surface area contributed by atoms with Crippen LogP contribution in [0, 0.1) is 5.92 Å². The van der Waals surface area contributed by atoms with Gasteiger partial charge in [-0.1, -0.05) is 12.1 Å². The van der Waals surface area contributed by atoms with Crippen molar-refractivity contribution >= 4 is 64.5 Å². The lowest BCUT2D eigenvalue weighted by Gasteiger charge is -2.28. The maximum absolute atomic E-state index is 13.0. The number of carbonyl (C=O) groups excluding carboxylic acids is 10. The average molecular weight is 693 g/mol. The summed E-state index contributed by atoms with van der Waals surface area (Å²) in [6.45, 7) is -2.22. The Morgan fingerprint density at radius 2 is 1.40 bits per heavy atom. The number of hydrogen-bond donors (Lipinski definition) is 3. The predicted molar refractivity (Wildman–Crippen MR) is 171 cm³/mol. The molecule has 0 saturated carbocycles. The van der Waals surface area contributed by atoms with Gasteiger partial charge in [-0.15, -0.1) is 0 Å². The summed E-state index contributed by atoms with van der Waals surface area (Å²) in [6.07, 6.45) is 5.56. The van der Waals surface area contributed by atoms with Gasteiger partial charge in [-0.2, -0.15) is 0 Å². The highest BCUT2D eigenvalue weighted by atomic mass is 16.5. The van der Waals surface area contributed by atoms with Crippen LogP contribution in [0.3, 0.4) is 0 Å². The van der Waals surface area contributed by atoms with Crippen molar-refractivity contribution in [2.75, 3.05) is 57.8 Å². The van der Waals surface area contributed by atoms with Gasteiger partial charge in [0.15, 0.2) is 11.6 Å². The van der Waals surface area contributed by atoms with Crippen LogP contribution in [0.1, 0.15) is 24.8 Å². The van der Waals surface area contributed by atoms with Crippen molar-refractivity contribution in [2.24, 2.45) is 5.92 Å². The molecule has 3 N–H and O–H groups in total. The molecule has 0 aromatic heterocycles. The van der Waals surface area contributed by atoms with E-state index < -0.39 is 67.7 Å². The Morgan fingerprint density at radius 3 is 1.98 bits per heavy atom. The monoisotopic (exact) mass is 692 g/mol. The molecular formula is C33H36N6O11. The number of β-lactam (4-membered cyclic amide) rings is 1. The number of likely N-dealkylation sites (tertiary alicyclic amines) is 1. The molecule has 2 heterocycles. The fourth-order valence-corrected chi connectivity index (χ4v) is 5.07. The number of carbonyl (C=O) groups is 10. The predicted octanol–water partition coefficient (Wildman–Crippen LogP) is -1.97. The number of benzene rings is 1. The van der Waals surface area contributed by atoms with Crippen molar-refractivity contribution in [1.82, 2.24) is 25.3 Å². The molecule has 17 heteroatoms. The number of amides is 8. The summed E-state index contributed by atoms with van der Waals surface area (Å²) in [6, 6.07) is 6.68. The van der Waals surface area contributed by atoms with Crippen molar-refractivity contribution in [2.45, 2.75) is 25.7 Å². The highest BCUT2D eigenvalue weighted by Crippen LogP contribution is 2.15. The van der Waals surface area contributed by atoms with Crippen molar-refractivity contribution in [3.8, 4) is 0 Å². The molecule has 0 bridgehead atoms. The topological polar surface area (TPSA) is 226 Å². The van der Waals surface area contributed by atoms with Crippen LogP contribution in [-0.4, -0.2) is 126 Å². The second kappa shape index (κ2) is 17.5. The molecule has 50 heavy (non-hydrogen) atoms. The lowest BCUT2D eigenvalue weighted by Crippen LogP contribution is -2.48. The Kier molecular flexibility index (Phi) is 13.0. The molecule has 1 fully saturated rings. The summed E-state index contributed by atoms with van der Waals surface area (Å²) in [7, 11) is 0. The summed E-state index contributed by atoms with van der Waals surface area (Å²) in [5.41, 5.74) is 1.25. The SMILES string of the molecule is O=C(CN(CC(=O)NCCN1C(=O)C=CC1=O)C(=O)COCC(=O)Nc1ccc(CCC(=O)N2CCC2=O)cc1)NCCC1C(=O)C=CC1=O. The largest absolute Gasteiger partial charge is 0.362 e. The van der Waals surface area contributed by atoms with Gasteiger partial charge < -0.3 is 25.6 Å². The number of anilines is 1. The minimum atomic E-state index is -0.889. The highest BCUT2D eigenvalue weighted by Gasteiger charge is 2.30. The molecule has 1 aliphatic carbocycles. The Balaban J connectivity index is 1.22. The molecule has 2 aliphatic heterocycles. The summed E-state index contributed by atoms with van der Waals surface area (Å²) in [5.74, 6) is -5.88. The number of nitrogens with one attached hydrogen (secondary N) is 3. The molecule has 0 atom stereocenters. The number of ether oxygens (including phenoxy) is 1. The molecule has 0 unspecified atom stereocenters. The summed E-state index contributed by atoms with van der Waals surface area (Å²) < 4.78 is 5.25. The molecule has 4 rings (SSSR count).